The fraction of sp³-hybridized carbons (Fsp3) is 0.465. The predicted molar refractivity (Wildman–Crippen MR) is 234 cm³/mol. The van der Waals surface area contributed by atoms with Crippen LogP contribution in [0.5, 0.6) is 0 Å². The van der Waals surface area contributed by atoms with Gasteiger partial charge in [-0.3, -0.25) is 24.0 Å². The number of aromatic nitrogens is 1. The normalized spacial score (nSPS) is 13.9. The van der Waals surface area contributed by atoms with E-state index >= 15 is 0 Å². The standard InChI is InChI=1S/C43H59N7O6S2/c1-8-30(9-2)34(25-46-39(52)18-14-11-15-23-45-6)43(55)50(7)37(28(3)4)24-38(56-29(5)51)42-49-36(27-58-42)41(54)48-35(26-57-33-16-12-10-13-17-33)40(53)47-32-21-19-31(44)20-22-32/h8,10,12-13,16-17,19-22,25,27-28,30,34-35,37-38,45H,1,9,11,14-15,18,23-24,26,44H2,2-7H3,(H,47,53)(H,48,54)/b46-25+/t30-,34?,35-,37+,38+/m0/s1. The van der Waals surface area contributed by atoms with Crippen LogP contribution in [0.3, 0.4) is 0 Å². The van der Waals surface area contributed by atoms with Crippen LogP contribution >= 0.6 is 23.1 Å². The van der Waals surface area contributed by atoms with Crippen LogP contribution in [0.25, 0.3) is 0 Å². The highest BCUT2D eigenvalue weighted by atomic mass is 32.2. The third-order valence-electron chi connectivity index (χ3n) is 9.59. The highest BCUT2D eigenvalue weighted by Crippen LogP contribution is 2.32. The van der Waals surface area contributed by atoms with Crippen LogP contribution in [0, 0.1) is 17.8 Å². The van der Waals surface area contributed by atoms with Gasteiger partial charge in [-0.2, -0.15) is 0 Å². The minimum absolute atomic E-state index is 0.0532. The van der Waals surface area contributed by atoms with Crippen LogP contribution in [0.4, 0.5) is 11.4 Å². The Bertz CT molecular complexity index is 1820. The summed E-state index contributed by atoms with van der Waals surface area (Å²) in [4.78, 5) is 77.8. The number of benzene rings is 2. The number of thiazole rings is 1. The zero-order chi connectivity index (χ0) is 42.6. The van der Waals surface area contributed by atoms with E-state index in [4.69, 9.17) is 10.5 Å². The summed E-state index contributed by atoms with van der Waals surface area (Å²) in [6, 6.07) is 14.9. The summed E-state index contributed by atoms with van der Waals surface area (Å²) in [7, 11) is 3.59. The minimum atomic E-state index is -0.938. The second kappa shape index (κ2) is 24.8. The van der Waals surface area contributed by atoms with E-state index in [-0.39, 0.29) is 41.5 Å². The molecule has 0 saturated carbocycles. The van der Waals surface area contributed by atoms with Crippen molar-refractivity contribution >= 4 is 70.3 Å². The first-order chi connectivity index (χ1) is 27.8. The van der Waals surface area contributed by atoms with E-state index in [1.807, 2.05) is 58.2 Å². The van der Waals surface area contributed by atoms with E-state index in [2.05, 4.69) is 32.5 Å². The summed E-state index contributed by atoms with van der Waals surface area (Å²) in [6.45, 7) is 12.0. The molecule has 3 aromatic rings. The lowest BCUT2D eigenvalue weighted by Gasteiger charge is -2.36. The van der Waals surface area contributed by atoms with Crippen molar-refractivity contribution in [1.29, 1.82) is 0 Å². The number of amides is 4. The van der Waals surface area contributed by atoms with E-state index in [1.54, 1.807) is 47.7 Å². The number of nitrogen functional groups attached to an aromatic ring is 1. The van der Waals surface area contributed by atoms with Crippen LogP contribution in [0.15, 0.2) is 82.5 Å². The first kappa shape index (κ1) is 47.5. The Balaban J connectivity index is 1.81. The van der Waals surface area contributed by atoms with E-state index in [1.165, 1.54) is 24.9 Å². The monoisotopic (exact) mass is 833 g/mol. The molecule has 314 valence electrons. The number of hydrogen-bond acceptors (Lipinski definition) is 11. The number of nitrogens with zero attached hydrogens (tertiary/aromatic N) is 3. The van der Waals surface area contributed by atoms with E-state index < -0.39 is 41.9 Å². The van der Waals surface area contributed by atoms with Gasteiger partial charge in [0.15, 0.2) is 6.10 Å². The number of nitrogens with two attached hydrogens (primary N) is 1. The third kappa shape index (κ3) is 15.5. The SMILES string of the molecule is C=C[C@@H](CC)C(/C=N/C(=O)CCCCCNC)C(=O)N(C)[C@H](C[C@@H](OC(C)=O)c1nc(C(=O)N[C@@H](CSc2ccccc2)C(=O)Nc2ccc(N)cc2)cs1)C(C)C. The molecule has 0 fully saturated rings. The van der Waals surface area contributed by atoms with Gasteiger partial charge in [0, 0.05) is 66.5 Å². The van der Waals surface area contributed by atoms with Gasteiger partial charge in [0.05, 0.1) is 5.92 Å². The van der Waals surface area contributed by atoms with Crippen molar-refractivity contribution in [2.45, 2.75) is 89.3 Å². The largest absolute Gasteiger partial charge is 0.455 e. The number of rotatable bonds is 24. The van der Waals surface area contributed by atoms with E-state index in [9.17, 15) is 24.0 Å². The zero-order valence-electron chi connectivity index (χ0n) is 34.4. The first-order valence-electron chi connectivity index (χ1n) is 19.7. The molecule has 0 radical (unpaired) electrons. The maximum atomic E-state index is 14.2. The third-order valence-corrected chi connectivity index (χ3v) is 11.6. The molecule has 1 unspecified atom stereocenters. The molecule has 0 aliphatic heterocycles. The summed E-state index contributed by atoms with van der Waals surface area (Å²) in [5, 5.41) is 10.7. The predicted octanol–water partition coefficient (Wildman–Crippen LogP) is 6.94. The molecule has 0 saturated heterocycles. The van der Waals surface area contributed by atoms with Crippen LogP contribution in [0.1, 0.15) is 87.8 Å². The fourth-order valence-corrected chi connectivity index (χ4v) is 8.03. The minimum Gasteiger partial charge on any atom is -0.455 e. The number of nitrogens with one attached hydrogen (secondary N) is 3. The van der Waals surface area contributed by atoms with Crippen LogP contribution in [0.2, 0.25) is 0 Å². The molecule has 15 heteroatoms. The van der Waals surface area contributed by atoms with Crippen molar-refractivity contribution in [1.82, 2.24) is 20.5 Å². The van der Waals surface area contributed by atoms with E-state index in [0.29, 0.717) is 29.2 Å². The number of carbonyl (C=O) groups excluding carboxylic acids is 5. The van der Waals surface area contributed by atoms with Gasteiger partial charge >= 0.3 is 5.97 Å². The molecule has 58 heavy (non-hydrogen) atoms. The van der Waals surface area contributed by atoms with Crippen molar-refractivity contribution in [2.75, 3.05) is 37.4 Å². The molecular weight excluding hydrogens is 775 g/mol. The van der Waals surface area contributed by atoms with Gasteiger partial charge in [0.2, 0.25) is 17.7 Å². The van der Waals surface area contributed by atoms with Crippen molar-refractivity contribution < 1.29 is 28.7 Å². The molecule has 13 nitrogen and oxygen atoms in total. The number of carbonyl (C=O) groups is 5. The van der Waals surface area contributed by atoms with Crippen LogP contribution < -0.4 is 21.7 Å². The maximum absolute atomic E-state index is 14.2. The topological polar surface area (TPSA) is 185 Å². The number of anilines is 2. The molecule has 2 aromatic carbocycles. The average molecular weight is 834 g/mol. The molecule has 0 spiro atoms. The van der Waals surface area contributed by atoms with Crippen molar-refractivity contribution in [3.8, 4) is 0 Å². The zero-order valence-corrected chi connectivity index (χ0v) is 36.1. The van der Waals surface area contributed by atoms with Gasteiger partial charge in [-0.1, -0.05) is 51.5 Å². The number of unbranched alkanes of at least 4 members (excludes halogenated alkanes) is 2. The highest BCUT2D eigenvalue weighted by Gasteiger charge is 2.35. The maximum Gasteiger partial charge on any atom is 0.303 e. The molecule has 5 atom stereocenters. The lowest BCUT2D eigenvalue weighted by molar-refractivity contribution is -0.148. The Kier molecular flexibility index (Phi) is 20.3. The fourth-order valence-electron chi connectivity index (χ4n) is 6.25. The Morgan fingerprint density at radius 1 is 1.05 bits per heavy atom. The lowest BCUT2D eigenvalue weighted by atomic mass is 9.88. The number of aliphatic imine (C=N–C) groups is 1. The number of hydrogen-bond donors (Lipinski definition) is 4. The number of esters is 1. The average Bonchev–Trinajstić information content (AvgIpc) is 3.70. The van der Waals surface area contributed by atoms with E-state index in [0.717, 1.165) is 42.0 Å². The summed E-state index contributed by atoms with van der Waals surface area (Å²) in [5.41, 5.74) is 6.94. The second-order valence-electron chi connectivity index (χ2n) is 14.3. The highest BCUT2D eigenvalue weighted by molar-refractivity contribution is 7.99. The van der Waals surface area contributed by atoms with Gasteiger partial charge in [-0.15, -0.1) is 29.7 Å². The van der Waals surface area contributed by atoms with Gasteiger partial charge in [-0.25, -0.2) is 9.98 Å². The number of allylic oxidation sites excluding steroid dienone is 1. The summed E-state index contributed by atoms with van der Waals surface area (Å²) in [6.07, 6.45) is 5.97. The first-order valence-corrected chi connectivity index (χ1v) is 21.5. The summed E-state index contributed by atoms with van der Waals surface area (Å²) in [5.74, 6) is -2.89. The molecule has 0 bridgehead atoms. The Morgan fingerprint density at radius 3 is 2.38 bits per heavy atom. The van der Waals surface area contributed by atoms with Crippen LogP contribution in [-0.2, 0) is 23.9 Å². The Labute approximate surface area is 351 Å². The molecule has 0 aliphatic rings. The van der Waals surface area contributed by atoms with Crippen molar-refractivity contribution in [2.24, 2.45) is 22.7 Å². The van der Waals surface area contributed by atoms with Gasteiger partial charge in [0.1, 0.15) is 16.7 Å². The Hall–Kier alpha value is -4.86. The second-order valence-corrected chi connectivity index (χ2v) is 16.3. The summed E-state index contributed by atoms with van der Waals surface area (Å²) >= 11 is 2.57. The molecule has 5 N–H and O–H groups in total. The quantitative estimate of drug-likeness (QED) is 0.0184. The molecule has 0 aliphatic carbocycles. The molecule has 4 amide bonds. The Morgan fingerprint density at radius 2 is 1.76 bits per heavy atom. The van der Waals surface area contributed by atoms with Gasteiger partial charge < -0.3 is 31.3 Å². The van der Waals surface area contributed by atoms with Gasteiger partial charge in [0.25, 0.3) is 5.91 Å². The molecule has 1 heterocycles. The smallest absolute Gasteiger partial charge is 0.303 e. The van der Waals surface area contributed by atoms with Crippen molar-refractivity contribution in [3.05, 3.63) is 83.3 Å². The van der Waals surface area contributed by atoms with Crippen LogP contribution in [-0.4, -0.2) is 84.2 Å². The molecular formula is C43H59N7O6S2. The van der Waals surface area contributed by atoms with Gasteiger partial charge in [-0.05, 0) is 81.1 Å². The molecule has 3 rings (SSSR count). The summed E-state index contributed by atoms with van der Waals surface area (Å²) < 4.78 is 5.78. The number of thioether (sulfide) groups is 1. The molecule has 1 aromatic heterocycles. The van der Waals surface area contributed by atoms with Crippen molar-refractivity contribution in [3.63, 3.8) is 0 Å². The number of ether oxygens (including phenoxy) is 1. The lowest BCUT2D eigenvalue weighted by Crippen LogP contribution is -2.46.